The van der Waals surface area contributed by atoms with Gasteiger partial charge < -0.3 is 14.6 Å². The highest BCUT2D eigenvalue weighted by molar-refractivity contribution is 5.69. The Morgan fingerprint density at radius 3 is 1.88 bits per heavy atom. The summed E-state index contributed by atoms with van der Waals surface area (Å²) in [6, 6.07) is 3.97. The zero-order chi connectivity index (χ0) is 24.3. The SMILES string of the molecule is CC(OC(=O)CCC(C)(C#N)N=NC(C)(C#N)CCC(=O)O)OC12CC3CC(CC(C3)C1)C2. The zero-order valence-electron chi connectivity index (χ0n) is 19.7. The van der Waals surface area contributed by atoms with Crippen LogP contribution in [0.25, 0.3) is 0 Å². The Morgan fingerprint density at radius 2 is 1.45 bits per heavy atom. The van der Waals surface area contributed by atoms with Crippen LogP contribution in [0, 0.1) is 40.4 Å². The molecule has 0 aromatic carbocycles. The van der Waals surface area contributed by atoms with Gasteiger partial charge in [0.05, 0.1) is 17.7 Å². The van der Waals surface area contributed by atoms with Crippen LogP contribution >= 0.6 is 0 Å². The fourth-order valence-electron chi connectivity index (χ4n) is 5.97. The van der Waals surface area contributed by atoms with Gasteiger partial charge in [0.15, 0.2) is 11.1 Å². The molecule has 0 aromatic heterocycles. The lowest BCUT2D eigenvalue weighted by Gasteiger charge is -2.56. The Morgan fingerprint density at radius 1 is 1.00 bits per heavy atom. The van der Waals surface area contributed by atoms with Gasteiger partial charge in [-0.15, -0.1) is 0 Å². The highest BCUT2D eigenvalue weighted by Gasteiger charge is 2.52. The summed E-state index contributed by atoms with van der Waals surface area (Å²) in [5.41, 5.74) is -2.84. The molecule has 0 spiro atoms. The molecule has 4 fully saturated rings. The highest BCUT2D eigenvalue weighted by atomic mass is 16.7. The maximum Gasteiger partial charge on any atom is 0.308 e. The first-order valence-corrected chi connectivity index (χ1v) is 11.8. The van der Waals surface area contributed by atoms with Crippen LogP contribution in [0.1, 0.15) is 85.0 Å². The third-order valence-electron chi connectivity index (χ3n) is 7.31. The molecule has 0 amide bonds. The largest absolute Gasteiger partial charge is 0.481 e. The normalized spacial score (nSPS) is 32.3. The summed E-state index contributed by atoms with van der Waals surface area (Å²) in [5, 5.41) is 35.7. The summed E-state index contributed by atoms with van der Waals surface area (Å²) in [4.78, 5) is 23.2. The van der Waals surface area contributed by atoms with Crippen LogP contribution in [-0.2, 0) is 19.1 Å². The molecule has 33 heavy (non-hydrogen) atoms. The molecule has 4 aliphatic carbocycles. The van der Waals surface area contributed by atoms with Crippen LogP contribution in [0.5, 0.6) is 0 Å². The molecule has 3 atom stereocenters. The van der Waals surface area contributed by atoms with Gasteiger partial charge in [0.2, 0.25) is 6.29 Å². The molecule has 4 bridgehead atoms. The lowest BCUT2D eigenvalue weighted by molar-refractivity contribution is -0.245. The Labute approximate surface area is 195 Å². The van der Waals surface area contributed by atoms with Crippen LogP contribution in [-0.4, -0.2) is 40.0 Å². The number of hydrogen-bond donors (Lipinski definition) is 1. The number of nitrogens with zero attached hydrogens (tertiary/aromatic N) is 4. The molecule has 4 aliphatic rings. The third kappa shape index (κ3) is 6.51. The third-order valence-corrected chi connectivity index (χ3v) is 7.31. The van der Waals surface area contributed by atoms with E-state index in [-0.39, 0.29) is 31.3 Å². The Hall–Kier alpha value is -2.52. The van der Waals surface area contributed by atoms with Gasteiger partial charge in [-0.25, -0.2) is 0 Å². The van der Waals surface area contributed by atoms with Gasteiger partial charge in [0, 0.05) is 12.8 Å². The standard InChI is InChI=1S/C24H34N4O5/c1-16(33-24-11-17-8-18(12-24)10-19(9-17)13-24)32-21(31)5-7-23(3,15-26)28-27-22(2,14-25)6-4-20(29)30/h16-19H,4-13H2,1-3H3,(H,29,30). The second kappa shape index (κ2) is 9.77. The van der Waals surface area contributed by atoms with Gasteiger partial charge >= 0.3 is 11.9 Å². The molecule has 3 unspecified atom stereocenters. The number of hydrogen-bond acceptors (Lipinski definition) is 8. The number of ether oxygens (including phenoxy) is 2. The molecule has 4 saturated carbocycles. The first-order valence-electron chi connectivity index (χ1n) is 11.8. The van der Waals surface area contributed by atoms with Crippen molar-refractivity contribution in [3.63, 3.8) is 0 Å². The van der Waals surface area contributed by atoms with Crippen molar-refractivity contribution in [2.24, 2.45) is 28.0 Å². The minimum absolute atomic E-state index is 0.0228. The first kappa shape index (κ1) is 25.1. The number of carbonyl (C=O) groups is 2. The number of carbonyl (C=O) groups excluding carboxylic acids is 1. The molecule has 0 radical (unpaired) electrons. The van der Waals surface area contributed by atoms with E-state index in [1.165, 1.54) is 33.1 Å². The van der Waals surface area contributed by atoms with Gasteiger partial charge in [-0.1, -0.05) is 0 Å². The number of nitriles is 2. The summed E-state index contributed by atoms with van der Waals surface area (Å²) in [5.74, 6) is 0.682. The van der Waals surface area contributed by atoms with E-state index in [2.05, 4.69) is 10.2 Å². The molecule has 0 aliphatic heterocycles. The van der Waals surface area contributed by atoms with E-state index in [1.807, 2.05) is 12.1 Å². The van der Waals surface area contributed by atoms with E-state index >= 15 is 0 Å². The van der Waals surface area contributed by atoms with Gasteiger partial charge in [0.25, 0.3) is 0 Å². The van der Waals surface area contributed by atoms with E-state index in [4.69, 9.17) is 14.6 Å². The number of rotatable bonds is 11. The summed E-state index contributed by atoms with van der Waals surface area (Å²) >= 11 is 0. The van der Waals surface area contributed by atoms with Crippen molar-refractivity contribution in [1.29, 1.82) is 10.5 Å². The van der Waals surface area contributed by atoms with Crippen molar-refractivity contribution in [2.75, 3.05) is 0 Å². The molecule has 0 heterocycles. The lowest BCUT2D eigenvalue weighted by atomic mass is 9.54. The zero-order valence-corrected chi connectivity index (χ0v) is 19.7. The van der Waals surface area contributed by atoms with Crippen LogP contribution in [0.2, 0.25) is 0 Å². The van der Waals surface area contributed by atoms with E-state index in [0.717, 1.165) is 37.0 Å². The summed E-state index contributed by atoms with van der Waals surface area (Å²) in [7, 11) is 0. The van der Waals surface area contributed by atoms with Crippen molar-refractivity contribution in [2.45, 2.75) is 108 Å². The van der Waals surface area contributed by atoms with E-state index in [1.54, 1.807) is 6.92 Å². The smallest absolute Gasteiger partial charge is 0.308 e. The molecular formula is C24H34N4O5. The van der Waals surface area contributed by atoms with Gasteiger partial charge in [-0.2, -0.15) is 20.8 Å². The second-order valence-corrected chi connectivity index (χ2v) is 10.6. The predicted octanol–water partition coefficient (Wildman–Crippen LogP) is 4.52. The molecule has 9 heteroatoms. The molecular weight excluding hydrogens is 424 g/mol. The number of aliphatic carboxylic acids is 1. The number of carboxylic acids is 1. The highest BCUT2D eigenvalue weighted by Crippen LogP contribution is 2.57. The van der Waals surface area contributed by atoms with Gasteiger partial charge in [-0.05, 0) is 89.9 Å². The van der Waals surface area contributed by atoms with Crippen molar-refractivity contribution < 1.29 is 24.2 Å². The topological polar surface area (TPSA) is 145 Å². The summed E-state index contributed by atoms with van der Waals surface area (Å²) in [6.07, 6.45) is 6.17. The fraction of sp³-hybridized carbons (Fsp3) is 0.833. The lowest BCUT2D eigenvalue weighted by Crippen LogP contribution is -2.53. The Balaban J connectivity index is 1.49. The van der Waals surface area contributed by atoms with Crippen LogP contribution in [0.15, 0.2) is 10.2 Å². The molecule has 4 rings (SSSR count). The minimum Gasteiger partial charge on any atom is -0.481 e. The number of carboxylic acid groups (broad SMARTS) is 1. The molecule has 0 aromatic rings. The predicted molar refractivity (Wildman–Crippen MR) is 117 cm³/mol. The maximum atomic E-state index is 12.4. The maximum absolute atomic E-state index is 12.4. The second-order valence-electron chi connectivity index (χ2n) is 10.6. The monoisotopic (exact) mass is 458 g/mol. The number of azo groups is 1. The molecule has 180 valence electrons. The summed E-state index contributed by atoms with van der Waals surface area (Å²) in [6.45, 7) is 4.74. The van der Waals surface area contributed by atoms with Crippen LogP contribution < -0.4 is 0 Å². The van der Waals surface area contributed by atoms with Crippen molar-refractivity contribution >= 4 is 11.9 Å². The van der Waals surface area contributed by atoms with Gasteiger partial charge in [-0.3, -0.25) is 9.59 Å². The van der Waals surface area contributed by atoms with E-state index in [9.17, 15) is 20.1 Å². The Bertz CT molecular complexity index is 840. The van der Waals surface area contributed by atoms with Gasteiger partial charge in [0.1, 0.15) is 0 Å². The fourth-order valence-corrected chi connectivity index (χ4v) is 5.97. The average Bonchev–Trinajstić information content (AvgIpc) is 2.73. The Kier molecular flexibility index (Phi) is 7.43. The number of esters is 1. The average molecular weight is 459 g/mol. The van der Waals surface area contributed by atoms with Crippen LogP contribution in [0.3, 0.4) is 0 Å². The van der Waals surface area contributed by atoms with Crippen molar-refractivity contribution in [3.8, 4) is 12.1 Å². The van der Waals surface area contributed by atoms with E-state index < -0.39 is 29.3 Å². The first-order chi connectivity index (χ1) is 15.5. The summed E-state index contributed by atoms with van der Waals surface area (Å²) < 4.78 is 11.8. The molecule has 9 nitrogen and oxygen atoms in total. The van der Waals surface area contributed by atoms with Crippen molar-refractivity contribution in [3.05, 3.63) is 0 Å². The molecule has 1 N–H and O–H groups in total. The minimum atomic E-state index is -1.35. The molecule has 0 saturated heterocycles. The van der Waals surface area contributed by atoms with E-state index in [0.29, 0.717) is 0 Å². The quantitative estimate of drug-likeness (QED) is 0.272. The van der Waals surface area contributed by atoms with Crippen molar-refractivity contribution in [1.82, 2.24) is 0 Å². The van der Waals surface area contributed by atoms with Crippen LogP contribution in [0.4, 0.5) is 0 Å².